The van der Waals surface area contributed by atoms with Crippen LogP contribution in [0.1, 0.15) is 10.4 Å². The summed E-state index contributed by atoms with van der Waals surface area (Å²) < 4.78 is 38.7. The molecule has 0 radical (unpaired) electrons. The zero-order valence-electron chi connectivity index (χ0n) is 10.6. The first-order chi connectivity index (χ1) is 8.91. The monoisotopic (exact) mass is 299 g/mol. The number of hydrogen-bond donors (Lipinski definition) is 0. The molecule has 0 bridgehead atoms. The summed E-state index contributed by atoms with van der Waals surface area (Å²) >= 11 is 1.53. The number of benzene rings is 1. The van der Waals surface area contributed by atoms with E-state index in [2.05, 4.69) is 0 Å². The number of aryl methyl sites for hydroxylation is 1. The van der Waals surface area contributed by atoms with Gasteiger partial charge in [0.25, 0.3) is 0 Å². The topological polar surface area (TPSA) is 37.4 Å². The molecular formula is C13H14FNO2S2. The van der Waals surface area contributed by atoms with Crippen LogP contribution in [-0.2, 0) is 16.6 Å². The predicted octanol–water partition coefficient (Wildman–Crippen LogP) is 3.02. The van der Waals surface area contributed by atoms with Crippen molar-refractivity contribution in [3.05, 3.63) is 52.0 Å². The minimum atomic E-state index is -3.58. The van der Waals surface area contributed by atoms with E-state index in [4.69, 9.17) is 0 Å². The van der Waals surface area contributed by atoms with E-state index in [1.54, 1.807) is 0 Å². The first-order valence-electron chi connectivity index (χ1n) is 5.66. The van der Waals surface area contributed by atoms with Crippen LogP contribution in [0, 0.1) is 12.7 Å². The van der Waals surface area contributed by atoms with E-state index in [0.29, 0.717) is 6.54 Å². The fraction of sp³-hybridized carbons (Fsp3) is 0.231. The Morgan fingerprint density at radius 1 is 1.21 bits per heavy atom. The lowest BCUT2D eigenvalue weighted by molar-refractivity contribution is 0.469. The van der Waals surface area contributed by atoms with Crippen molar-refractivity contribution in [2.24, 2.45) is 0 Å². The quantitative estimate of drug-likeness (QED) is 0.870. The summed E-state index contributed by atoms with van der Waals surface area (Å²) in [4.78, 5) is 1.11. The van der Waals surface area contributed by atoms with Crippen molar-refractivity contribution in [3.63, 3.8) is 0 Å². The third kappa shape index (κ3) is 3.02. The maximum Gasteiger partial charge on any atom is 0.243 e. The van der Waals surface area contributed by atoms with Gasteiger partial charge in [0.15, 0.2) is 0 Å². The van der Waals surface area contributed by atoms with Crippen molar-refractivity contribution in [2.45, 2.75) is 18.4 Å². The van der Waals surface area contributed by atoms with Crippen molar-refractivity contribution in [2.75, 3.05) is 7.05 Å². The average molecular weight is 299 g/mol. The van der Waals surface area contributed by atoms with Crippen LogP contribution in [-0.4, -0.2) is 19.8 Å². The van der Waals surface area contributed by atoms with Gasteiger partial charge in [-0.1, -0.05) is 0 Å². The van der Waals surface area contributed by atoms with Crippen LogP contribution in [0.25, 0.3) is 0 Å². The molecule has 2 aromatic rings. The van der Waals surface area contributed by atoms with Gasteiger partial charge in [-0.15, -0.1) is 11.3 Å². The molecule has 0 N–H and O–H groups in total. The molecule has 1 aromatic carbocycles. The van der Waals surface area contributed by atoms with Gasteiger partial charge in [0, 0.05) is 18.5 Å². The summed E-state index contributed by atoms with van der Waals surface area (Å²) in [6.07, 6.45) is 0. The van der Waals surface area contributed by atoms with Gasteiger partial charge in [0.1, 0.15) is 5.82 Å². The van der Waals surface area contributed by atoms with E-state index in [9.17, 15) is 12.8 Å². The summed E-state index contributed by atoms with van der Waals surface area (Å²) in [5.41, 5.74) is 1.08. The number of hydrogen-bond acceptors (Lipinski definition) is 3. The number of nitrogens with zero attached hydrogens (tertiary/aromatic N) is 1. The van der Waals surface area contributed by atoms with Gasteiger partial charge in [0.05, 0.1) is 4.90 Å². The molecule has 1 heterocycles. The van der Waals surface area contributed by atoms with E-state index < -0.39 is 15.8 Å². The van der Waals surface area contributed by atoms with Crippen molar-refractivity contribution in [1.82, 2.24) is 4.31 Å². The number of halogens is 1. The SMILES string of the molecule is Cc1ccsc1CN(C)S(=O)(=O)c1ccc(F)cc1. The zero-order chi connectivity index (χ0) is 14.0. The van der Waals surface area contributed by atoms with Crippen LogP contribution in [0.3, 0.4) is 0 Å². The normalized spacial score (nSPS) is 12.0. The van der Waals surface area contributed by atoms with Crippen molar-refractivity contribution in [3.8, 4) is 0 Å². The zero-order valence-corrected chi connectivity index (χ0v) is 12.3. The van der Waals surface area contributed by atoms with Gasteiger partial charge >= 0.3 is 0 Å². The summed E-state index contributed by atoms with van der Waals surface area (Å²) in [7, 11) is -2.05. The Labute approximate surface area is 116 Å². The minimum Gasteiger partial charge on any atom is -0.207 e. The van der Waals surface area contributed by atoms with Gasteiger partial charge in [-0.3, -0.25) is 0 Å². The van der Waals surface area contributed by atoms with Gasteiger partial charge < -0.3 is 0 Å². The van der Waals surface area contributed by atoms with Crippen LogP contribution < -0.4 is 0 Å². The second kappa shape index (κ2) is 5.40. The van der Waals surface area contributed by atoms with E-state index in [1.807, 2.05) is 18.4 Å². The summed E-state index contributed by atoms with van der Waals surface area (Å²) in [6.45, 7) is 2.27. The number of rotatable bonds is 4. The second-order valence-corrected chi connectivity index (χ2v) is 7.29. The Bertz CT molecular complexity index is 662. The van der Waals surface area contributed by atoms with Gasteiger partial charge in [-0.2, -0.15) is 4.31 Å². The summed E-state index contributed by atoms with van der Waals surface area (Å²) in [6, 6.07) is 6.82. The fourth-order valence-corrected chi connectivity index (χ4v) is 3.82. The highest BCUT2D eigenvalue weighted by atomic mass is 32.2. The van der Waals surface area contributed by atoms with E-state index in [0.717, 1.165) is 22.6 Å². The summed E-state index contributed by atoms with van der Waals surface area (Å²) in [5.74, 6) is -0.448. The lowest BCUT2D eigenvalue weighted by Gasteiger charge is -2.16. The standard InChI is InChI=1S/C13H14FNO2S2/c1-10-7-8-18-13(10)9-15(2)19(16,17)12-5-3-11(14)4-6-12/h3-8H,9H2,1-2H3. The van der Waals surface area contributed by atoms with E-state index in [-0.39, 0.29) is 4.90 Å². The van der Waals surface area contributed by atoms with Crippen LogP contribution in [0.2, 0.25) is 0 Å². The maximum atomic E-state index is 12.8. The molecule has 0 saturated heterocycles. The highest BCUT2D eigenvalue weighted by molar-refractivity contribution is 7.89. The highest BCUT2D eigenvalue weighted by Crippen LogP contribution is 2.21. The Morgan fingerprint density at radius 2 is 1.84 bits per heavy atom. The first-order valence-corrected chi connectivity index (χ1v) is 7.98. The molecule has 0 unspecified atom stereocenters. The van der Waals surface area contributed by atoms with Gasteiger partial charge in [0.2, 0.25) is 10.0 Å². The maximum absolute atomic E-state index is 12.8. The second-order valence-electron chi connectivity index (χ2n) is 4.24. The van der Waals surface area contributed by atoms with Crippen LogP contribution in [0.4, 0.5) is 4.39 Å². The van der Waals surface area contributed by atoms with E-state index >= 15 is 0 Å². The molecule has 3 nitrogen and oxygen atoms in total. The van der Waals surface area contributed by atoms with Crippen LogP contribution in [0.15, 0.2) is 40.6 Å². The Kier molecular flexibility index (Phi) is 4.03. The smallest absolute Gasteiger partial charge is 0.207 e. The molecule has 0 aliphatic heterocycles. The molecule has 0 aliphatic carbocycles. The lowest BCUT2D eigenvalue weighted by atomic mass is 10.3. The molecule has 0 aliphatic rings. The van der Waals surface area contributed by atoms with Crippen molar-refractivity contribution in [1.29, 1.82) is 0 Å². The van der Waals surface area contributed by atoms with Gasteiger partial charge in [-0.25, -0.2) is 12.8 Å². The van der Waals surface area contributed by atoms with E-state index in [1.165, 1.54) is 34.8 Å². The van der Waals surface area contributed by atoms with Crippen LogP contribution in [0.5, 0.6) is 0 Å². The average Bonchev–Trinajstić information content (AvgIpc) is 2.75. The molecular weight excluding hydrogens is 285 g/mol. The molecule has 0 fully saturated rings. The molecule has 0 spiro atoms. The minimum absolute atomic E-state index is 0.102. The molecule has 19 heavy (non-hydrogen) atoms. The summed E-state index contributed by atoms with van der Waals surface area (Å²) in [5, 5.41) is 1.93. The Balaban J connectivity index is 2.24. The lowest BCUT2D eigenvalue weighted by Crippen LogP contribution is -2.26. The third-order valence-electron chi connectivity index (χ3n) is 2.86. The molecule has 0 atom stereocenters. The number of thiophene rings is 1. The molecule has 1 aromatic heterocycles. The highest BCUT2D eigenvalue weighted by Gasteiger charge is 2.21. The van der Waals surface area contributed by atoms with Crippen LogP contribution >= 0.6 is 11.3 Å². The van der Waals surface area contributed by atoms with Crippen molar-refractivity contribution < 1.29 is 12.8 Å². The Morgan fingerprint density at radius 3 is 2.37 bits per heavy atom. The predicted molar refractivity (Wildman–Crippen MR) is 74.1 cm³/mol. The molecule has 6 heteroatoms. The largest absolute Gasteiger partial charge is 0.243 e. The number of sulfonamides is 1. The Hall–Kier alpha value is -1.24. The van der Waals surface area contributed by atoms with Gasteiger partial charge in [-0.05, 0) is 48.2 Å². The third-order valence-corrected chi connectivity index (χ3v) is 5.68. The fourth-order valence-electron chi connectivity index (χ4n) is 1.64. The van der Waals surface area contributed by atoms with Crippen molar-refractivity contribution >= 4 is 21.4 Å². The molecule has 2 rings (SSSR count). The molecule has 0 amide bonds. The molecule has 102 valence electrons. The molecule has 0 saturated carbocycles. The first kappa shape index (κ1) is 14.2.